The van der Waals surface area contributed by atoms with E-state index in [0.717, 1.165) is 18.4 Å². The third kappa shape index (κ3) is 2.64. The van der Waals surface area contributed by atoms with E-state index in [9.17, 15) is 14.4 Å². The van der Waals surface area contributed by atoms with Crippen LogP contribution in [0.2, 0.25) is 0 Å². The second kappa shape index (κ2) is 8.13. The summed E-state index contributed by atoms with van der Waals surface area (Å²) >= 11 is 0. The molecule has 2 spiro atoms. The van der Waals surface area contributed by atoms with E-state index in [1.807, 2.05) is 48.5 Å². The van der Waals surface area contributed by atoms with Gasteiger partial charge in [-0.2, -0.15) is 0 Å². The number of nitrogens with one attached hydrogen (secondary N) is 2. The van der Waals surface area contributed by atoms with Gasteiger partial charge in [-0.1, -0.05) is 61.2 Å². The molecule has 3 aromatic rings. The van der Waals surface area contributed by atoms with Gasteiger partial charge in [0.05, 0.1) is 5.92 Å². The summed E-state index contributed by atoms with van der Waals surface area (Å²) in [5, 5.41) is 6.14. The number of hydrogen-bond donors (Lipinski definition) is 2. The van der Waals surface area contributed by atoms with Gasteiger partial charge in [-0.25, -0.2) is 0 Å². The smallest absolute Gasteiger partial charge is 0.251 e. The van der Waals surface area contributed by atoms with Gasteiger partial charge in [-0.05, 0) is 49.2 Å². The maximum atomic E-state index is 14.7. The fourth-order valence-corrected chi connectivity index (χ4v) is 7.61. The molecule has 2 amide bonds. The van der Waals surface area contributed by atoms with Crippen LogP contribution in [-0.4, -0.2) is 41.7 Å². The quantitative estimate of drug-likeness (QED) is 0.400. The topological polar surface area (TPSA) is 87.7 Å². The number of ether oxygens (including phenoxy) is 1. The summed E-state index contributed by atoms with van der Waals surface area (Å²) < 4.78 is 5.72. The molecule has 2 fully saturated rings. The Hall–Kier alpha value is -4.23. The summed E-state index contributed by atoms with van der Waals surface area (Å²) in [6, 6.07) is 21.9. The average molecular weight is 506 g/mol. The Balaban J connectivity index is 1.51. The van der Waals surface area contributed by atoms with Crippen molar-refractivity contribution in [3.05, 3.63) is 102 Å². The first-order valence-electron chi connectivity index (χ1n) is 13.0. The number of ketones is 1. The number of benzene rings is 3. The molecule has 2 saturated heterocycles. The molecule has 0 saturated carbocycles. The number of amides is 2. The maximum Gasteiger partial charge on any atom is 0.251 e. The van der Waals surface area contributed by atoms with Gasteiger partial charge in [0.25, 0.3) is 5.91 Å². The molecule has 190 valence electrons. The SMILES string of the molecule is C=CCOc1cccc(C(=O)[C@@H]2[C@@H]3CCCN3[C@]3(C(=O)Nc4ccccc43)[C@@]23C(=O)Nc2ccccc23)c1. The van der Waals surface area contributed by atoms with E-state index in [4.69, 9.17) is 4.74 Å². The van der Waals surface area contributed by atoms with Gasteiger partial charge in [0.2, 0.25) is 5.91 Å². The first-order valence-corrected chi connectivity index (χ1v) is 13.0. The van der Waals surface area contributed by atoms with Gasteiger partial charge in [0.1, 0.15) is 23.3 Å². The predicted molar refractivity (Wildman–Crippen MR) is 143 cm³/mol. The van der Waals surface area contributed by atoms with Crippen LogP contribution in [0.1, 0.15) is 34.3 Å². The van der Waals surface area contributed by atoms with Crippen LogP contribution in [0.3, 0.4) is 0 Å². The molecule has 0 aromatic heterocycles. The van der Waals surface area contributed by atoms with Crippen molar-refractivity contribution in [1.82, 2.24) is 4.90 Å². The number of fused-ring (bicyclic) bond motifs is 7. The summed E-state index contributed by atoms with van der Waals surface area (Å²) in [5.74, 6) is -0.943. The fourth-order valence-electron chi connectivity index (χ4n) is 7.61. The Labute approximate surface area is 220 Å². The molecule has 4 aliphatic rings. The summed E-state index contributed by atoms with van der Waals surface area (Å²) in [7, 11) is 0. The summed E-state index contributed by atoms with van der Waals surface area (Å²) in [6.07, 6.45) is 3.21. The Kier molecular flexibility index (Phi) is 4.91. The van der Waals surface area contributed by atoms with Crippen molar-refractivity contribution >= 4 is 29.0 Å². The molecule has 0 aliphatic carbocycles. The molecular weight excluding hydrogens is 478 g/mol. The van der Waals surface area contributed by atoms with Gasteiger partial charge in [-0.3, -0.25) is 19.3 Å². The number of anilines is 2. The highest BCUT2D eigenvalue weighted by Gasteiger charge is 2.81. The highest BCUT2D eigenvalue weighted by atomic mass is 16.5. The van der Waals surface area contributed by atoms with E-state index in [1.165, 1.54) is 0 Å². The second-order valence-corrected chi connectivity index (χ2v) is 10.4. The van der Waals surface area contributed by atoms with E-state index in [1.54, 1.807) is 30.3 Å². The van der Waals surface area contributed by atoms with E-state index in [2.05, 4.69) is 22.1 Å². The minimum Gasteiger partial charge on any atom is -0.490 e. The summed E-state index contributed by atoms with van der Waals surface area (Å²) in [4.78, 5) is 45.6. The minimum absolute atomic E-state index is 0.160. The lowest BCUT2D eigenvalue weighted by molar-refractivity contribution is -0.137. The van der Waals surface area contributed by atoms with Crippen LogP contribution < -0.4 is 15.4 Å². The lowest BCUT2D eigenvalue weighted by Crippen LogP contribution is -2.62. The van der Waals surface area contributed by atoms with Crippen LogP contribution in [0.25, 0.3) is 0 Å². The number of para-hydroxylation sites is 2. The predicted octanol–water partition coefficient (Wildman–Crippen LogP) is 4.27. The zero-order valence-corrected chi connectivity index (χ0v) is 20.8. The van der Waals surface area contributed by atoms with Gasteiger partial charge < -0.3 is 15.4 Å². The molecule has 2 N–H and O–H groups in total. The lowest BCUT2D eigenvalue weighted by Gasteiger charge is -2.43. The molecule has 38 heavy (non-hydrogen) atoms. The summed E-state index contributed by atoms with van der Waals surface area (Å²) in [6.45, 7) is 4.63. The fraction of sp³-hybridized carbons (Fsp3) is 0.258. The molecular formula is C31H27N3O4. The Morgan fingerprint density at radius 3 is 2.47 bits per heavy atom. The molecule has 3 aromatic carbocycles. The number of Topliss-reactive ketones (excluding diaryl/α,β-unsaturated/α-hetero) is 1. The number of nitrogens with zero attached hydrogens (tertiary/aromatic N) is 1. The standard InChI is InChI=1S/C31H27N3O4/c1-2-17-38-20-10-7-9-19(18-20)27(35)26-25-15-8-16-34(25)31(22-12-4-6-14-24(22)33-29(31)37)30(26)21-11-3-5-13-23(21)32-28(30)36/h2-7,9-14,18,25-26H,1,8,15-17H2,(H,32,36)(H,33,37)/t25-,26-,30+,31+/m0/s1. The van der Waals surface area contributed by atoms with E-state index >= 15 is 0 Å². The van der Waals surface area contributed by atoms with Crippen LogP contribution in [0, 0.1) is 5.92 Å². The van der Waals surface area contributed by atoms with Gasteiger partial charge in [0, 0.05) is 28.5 Å². The van der Waals surface area contributed by atoms with Crippen molar-refractivity contribution in [2.24, 2.45) is 5.92 Å². The van der Waals surface area contributed by atoms with Crippen LogP contribution >= 0.6 is 0 Å². The van der Waals surface area contributed by atoms with Crippen molar-refractivity contribution in [2.75, 3.05) is 23.8 Å². The molecule has 0 unspecified atom stereocenters. The Bertz CT molecular complexity index is 1530. The number of hydrogen-bond acceptors (Lipinski definition) is 5. The Morgan fingerprint density at radius 2 is 1.68 bits per heavy atom. The van der Waals surface area contributed by atoms with Crippen LogP contribution in [-0.2, 0) is 20.5 Å². The molecule has 7 heteroatoms. The van der Waals surface area contributed by atoms with Gasteiger partial charge in [-0.15, -0.1) is 0 Å². The molecule has 7 rings (SSSR count). The first-order chi connectivity index (χ1) is 18.5. The largest absolute Gasteiger partial charge is 0.490 e. The number of carbonyl (C=O) groups excluding carboxylic acids is 3. The third-order valence-corrected chi connectivity index (χ3v) is 8.77. The average Bonchev–Trinajstić information content (AvgIpc) is 3.66. The molecule has 4 atom stereocenters. The maximum absolute atomic E-state index is 14.7. The second-order valence-electron chi connectivity index (χ2n) is 10.4. The number of rotatable bonds is 5. The van der Waals surface area contributed by atoms with Gasteiger partial charge in [0.15, 0.2) is 5.78 Å². The number of carbonyl (C=O) groups is 3. The monoisotopic (exact) mass is 505 g/mol. The summed E-state index contributed by atoms with van der Waals surface area (Å²) in [5.41, 5.74) is 0.456. The van der Waals surface area contributed by atoms with E-state index in [-0.39, 0.29) is 23.6 Å². The van der Waals surface area contributed by atoms with E-state index in [0.29, 0.717) is 41.4 Å². The zero-order chi connectivity index (χ0) is 26.1. The molecule has 4 aliphatic heterocycles. The van der Waals surface area contributed by atoms with Gasteiger partial charge >= 0.3 is 0 Å². The van der Waals surface area contributed by atoms with Crippen molar-refractivity contribution in [2.45, 2.75) is 29.8 Å². The normalized spacial score (nSPS) is 28.6. The van der Waals surface area contributed by atoms with Crippen LogP contribution in [0.5, 0.6) is 5.75 Å². The van der Waals surface area contributed by atoms with Crippen LogP contribution in [0.15, 0.2) is 85.5 Å². The lowest BCUT2D eigenvalue weighted by atomic mass is 9.57. The first kappa shape index (κ1) is 22.9. The Morgan fingerprint density at radius 1 is 0.974 bits per heavy atom. The molecule has 7 nitrogen and oxygen atoms in total. The van der Waals surface area contributed by atoms with Crippen molar-refractivity contribution in [3.63, 3.8) is 0 Å². The highest BCUT2D eigenvalue weighted by molar-refractivity contribution is 6.21. The van der Waals surface area contributed by atoms with Crippen LogP contribution in [0.4, 0.5) is 11.4 Å². The highest BCUT2D eigenvalue weighted by Crippen LogP contribution is 2.67. The van der Waals surface area contributed by atoms with E-state index < -0.39 is 16.9 Å². The van der Waals surface area contributed by atoms with Crippen molar-refractivity contribution < 1.29 is 19.1 Å². The zero-order valence-electron chi connectivity index (χ0n) is 20.8. The molecule has 0 bridgehead atoms. The van der Waals surface area contributed by atoms with Crippen molar-refractivity contribution in [1.29, 1.82) is 0 Å². The molecule has 4 heterocycles. The van der Waals surface area contributed by atoms with Crippen molar-refractivity contribution in [3.8, 4) is 5.75 Å². The molecule has 0 radical (unpaired) electrons. The third-order valence-electron chi connectivity index (χ3n) is 8.77. The minimum atomic E-state index is -1.44.